The molecule has 182 valence electrons. The number of ether oxygens (including phenoxy) is 2. The van der Waals surface area contributed by atoms with Gasteiger partial charge < -0.3 is 25.4 Å². The van der Waals surface area contributed by atoms with Crippen LogP contribution >= 0.6 is 24.0 Å². The van der Waals surface area contributed by atoms with Crippen LogP contribution in [0.1, 0.15) is 45.7 Å². The maximum atomic E-state index is 11.7. The number of hydrogen-bond acceptors (Lipinski definition) is 5. The molecule has 32 heavy (non-hydrogen) atoms. The Bertz CT molecular complexity index is 729. The molecule has 1 heterocycles. The van der Waals surface area contributed by atoms with E-state index < -0.39 is 11.7 Å². The number of carbonyl (C=O) groups is 1. The van der Waals surface area contributed by atoms with Gasteiger partial charge in [0, 0.05) is 46.3 Å². The van der Waals surface area contributed by atoms with Gasteiger partial charge in [0.05, 0.1) is 12.2 Å². The molecule has 2 unspecified atom stereocenters. The summed E-state index contributed by atoms with van der Waals surface area (Å²) in [5, 5.41) is 9.30. The van der Waals surface area contributed by atoms with Crippen molar-refractivity contribution in [3.05, 3.63) is 35.4 Å². The van der Waals surface area contributed by atoms with Gasteiger partial charge >= 0.3 is 6.09 Å². The molecule has 1 aliphatic heterocycles. The fourth-order valence-electron chi connectivity index (χ4n) is 3.60. The molecule has 9 heteroatoms. The van der Waals surface area contributed by atoms with Crippen molar-refractivity contribution in [2.75, 3.05) is 33.2 Å². The van der Waals surface area contributed by atoms with Crippen LogP contribution in [0.2, 0.25) is 0 Å². The molecule has 1 fully saturated rings. The lowest BCUT2D eigenvalue weighted by Crippen LogP contribution is -2.45. The van der Waals surface area contributed by atoms with Gasteiger partial charge in [0.25, 0.3) is 0 Å². The molecule has 1 saturated heterocycles. The summed E-state index contributed by atoms with van der Waals surface area (Å²) < 4.78 is 11.1. The average molecular weight is 562 g/mol. The monoisotopic (exact) mass is 561 g/mol. The van der Waals surface area contributed by atoms with Crippen LogP contribution in [0.3, 0.4) is 0 Å². The van der Waals surface area contributed by atoms with Gasteiger partial charge in [-0.05, 0) is 45.7 Å². The molecule has 0 bridgehead atoms. The van der Waals surface area contributed by atoms with Gasteiger partial charge in [-0.25, -0.2) is 4.79 Å². The Morgan fingerprint density at radius 3 is 2.28 bits per heavy atom. The quantitative estimate of drug-likeness (QED) is 0.205. The number of aliphatic imine (C=N–C) groups is 1. The third-order valence-electron chi connectivity index (χ3n) is 4.76. The first-order valence-corrected chi connectivity index (χ1v) is 11.0. The van der Waals surface area contributed by atoms with E-state index in [0.29, 0.717) is 25.6 Å². The first-order valence-electron chi connectivity index (χ1n) is 11.0. The number of hydrogen-bond donors (Lipinski definition) is 3. The number of alkyl carbamates (subject to hydrolysis) is 1. The van der Waals surface area contributed by atoms with E-state index in [1.54, 1.807) is 7.05 Å². The van der Waals surface area contributed by atoms with E-state index in [1.165, 1.54) is 11.1 Å². The molecule has 2 atom stereocenters. The highest BCUT2D eigenvalue weighted by atomic mass is 127. The van der Waals surface area contributed by atoms with Crippen molar-refractivity contribution in [1.82, 2.24) is 20.9 Å². The molecule has 2 rings (SSSR count). The molecule has 0 aliphatic carbocycles. The topological polar surface area (TPSA) is 87.2 Å². The van der Waals surface area contributed by atoms with E-state index in [2.05, 4.69) is 64.0 Å². The number of rotatable bonds is 7. The Morgan fingerprint density at radius 1 is 1.09 bits per heavy atom. The zero-order valence-electron chi connectivity index (χ0n) is 20.2. The molecule has 8 nitrogen and oxygen atoms in total. The fraction of sp³-hybridized carbons (Fsp3) is 0.652. The van der Waals surface area contributed by atoms with Gasteiger partial charge in [-0.1, -0.05) is 24.3 Å². The van der Waals surface area contributed by atoms with E-state index in [-0.39, 0.29) is 36.2 Å². The number of halogens is 1. The minimum absolute atomic E-state index is 0. The summed E-state index contributed by atoms with van der Waals surface area (Å²) in [6.45, 7) is 14.2. The Hall–Kier alpha value is -1.59. The van der Waals surface area contributed by atoms with E-state index in [0.717, 1.165) is 19.6 Å². The van der Waals surface area contributed by atoms with Gasteiger partial charge in [0.1, 0.15) is 5.60 Å². The standard InChI is InChI=1S/C23H39N5O3.HI/c1-17-14-28(15-18(2)30-17)16-20-10-8-7-9-19(20)13-27-21(24-6)25-11-12-26-22(29)31-23(3,4)5;/h7-10,17-18H,11-16H2,1-6H3,(H,26,29)(H2,24,25,27);1H. The van der Waals surface area contributed by atoms with E-state index in [4.69, 9.17) is 9.47 Å². The SMILES string of the molecule is CN=C(NCCNC(=O)OC(C)(C)C)NCc1ccccc1CN1CC(C)OC(C)C1.I. The summed E-state index contributed by atoms with van der Waals surface area (Å²) in [6.07, 6.45) is 0.0932. The van der Waals surface area contributed by atoms with Gasteiger partial charge in [0.15, 0.2) is 5.96 Å². The van der Waals surface area contributed by atoms with Crippen molar-refractivity contribution in [2.45, 2.75) is 65.5 Å². The lowest BCUT2D eigenvalue weighted by atomic mass is 10.1. The van der Waals surface area contributed by atoms with Crippen LogP contribution in [0, 0.1) is 0 Å². The Balaban J connectivity index is 0.00000512. The van der Waals surface area contributed by atoms with Gasteiger partial charge in [-0.2, -0.15) is 0 Å². The van der Waals surface area contributed by atoms with Crippen LogP contribution < -0.4 is 16.0 Å². The highest BCUT2D eigenvalue weighted by Gasteiger charge is 2.22. The van der Waals surface area contributed by atoms with Crippen molar-refractivity contribution >= 4 is 36.0 Å². The second kappa shape index (κ2) is 13.8. The Morgan fingerprint density at radius 2 is 1.69 bits per heavy atom. The number of benzene rings is 1. The first kappa shape index (κ1) is 28.4. The second-order valence-corrected chi connectivity index (χ2v) is 9.00. The largest absolute Gasteiger partial charge is 0.444 e. The minimum Gasteiger partial charge on any atom is -0.444 e. The van der Waals surface area contributed by atoms with Gasteiger partial charge in [-0.3, -0.25) is 9.89 Å². The third-order valence-corrected chi connectivity index (χ3v) is 4.76. The molecule has 0 radical (unpaired) electrons. The van der Waals surface area contributed by atoms with Crippen molar-refractivity contribution in [3.63, 3.8) is 0 Å². The maximum Gasteiger partial charge on any atom is 0.407 e. The highest BCUT2D eigenvalue weighted by Crippen LogP contribution is 2.17. The summed E-state index contributed by atoms with van der Waals surface area (Å²) in [7, 11) is 1.74. The predicted octanol–water partition coefficient (Wildman–Crippen LogP) is 3.10. The fourth-order valence-corrected chi connectivity index (χ4v) is 3.60. The summed E-state index contributed by atoms with van der Waals surface area (Å²) in [5.74, 6) is 0.689. The maximum absolute atomic E-state index is 11.7. The van der Waals surface area contributed by atoms with Crippen LogP contribution in [0.25, 0.3) is 0 Å². The van der Waals surface area contributed by atoms with Crippen molar-refractivity contribution in [2.24, 2.45) is 4.99 Å². The third kappa shape index (κ3) is 10.8. The summed E-state index contributed by atoms with van der Waals surface area (Å²) in [4.78, 5) is 18.4. The molecule has 0 aromatic heterocycles. The Labute approximate surface area is 209 Å². The number of amides is 1. The van der Waals surface area contributed by atoms with Gasteiger partial charge in [-0.15, -0.1) is 24.0 Å². The number of morpholine rings is 1. The smallest absolute Gasteiger partial charge is 0.407 e. The zero-order chi connectivity index (χ0) is 22.9. The molecule has 1 aromatic carbocycles. The number of carbonyl (C=O) groups excluding carboxylic acids is 1. The molecule has 0 saturated carbocycles. The highest BCUT2D eigenvalue weighted by molar-refractivity contribution is 14.0. The lowest BCUT2D eigenvalue weighted by Gasteiger charge is -2.35. The summed E-state index contributed by atoms with van der Waals surface area (Å²) in [6, 6.07) is 8.48. The van der Waals surface area contributed by atoms with Crippen molar-refractivity contribution < 1.29 is 14.3 Å². The summed E-state index contributed by atoms with van der Waals surface area (Å²) >= 11 is 0. The second-order valence-electron chi connectivity index (χ2n) is 9.00. The lowest BCUT2D eigenvalue weighted by molar-refractivity contribution is -0.0705. The number of nitrogens with one attached hydrogen (secondary N) is 3. The average Bonchev–Trinajstić information content (AvgIpc) is 2.66. The van der Waals surface area contributed by atoms with Crippen LogP contribution in [0.4, 0.5) is 4.79 Å². The molecule has 3 N–H and O–H groups in total. The normalized spacial score (nSPS) is 19.6. The van der Waals surface area contributed by atoms with Gasteiger partial charge in [0.2, 0.25) is 0 Å². The zero-order valence-corrected chi connectivity index (χ0v) is 22.6. The molecular weight excluding hydrogens is 521 g/mol. The number of guanidine groups is 1. The molecular formula is C23H40IN5O3. The van der Waals surface area contributed by atoms with Crippen molar-refractivity contribution in [3.8, 4) is 0 Å². The molecule has 1 aliphatic rings. The van der Waals surface area contributed by atoms with E-state index >= 15 is 0 Å². The van der Waals surface area contributed by atoms with Crippen LogP contribution in [-0.2, 0) is 22.6 Å². The van der Waals surface area contributed by atoms with Crippen molar-refractivity contribution in [1.29, 1.82) is 0 Å². The molecule has 0 spiro atoms. The minimum atomic E-state index is -0.500. The first-order chi connectivity index (χ1) is 14.7. The Kier molecular flexibility index (Phi) is 12.3. The van der Waals surface area contributed by atoms with Crippen LogP contribution in [0.5, 0.6) is 0 Å². The predicted molar refractivity (Wildman–Crippen MR) is 140 cm³/mol. The van der Waals surface area contributed by atoms with Crippen LogP contribution in [0.15, 0.2) is 29.3 Å². The number of nitrogens with zero attached hydrogens (tertiary/aromatic N) is 2. The molecule has 1 amide bonds. The summed E-state index contributed by atoms with van der Waals surface area (Å²) in [5.41, 5.74) is 2.04. The van der Waals surface area contributed by atoms with Crippen LogP contribution in [-0.4, -0.2) is 68.0 Å². The molecule has 1 aromatic rings. The van der Waals surface area contributed by atoms with E-state index in [1.807, 2.05) is 20.8 Å². The van der Waals surface area contributed by atoms with E-state index in [9.17, 15) is 4.79 Å².